The molecular weight excluding hydrogens is 344 g/mol. The monoisotopic (exact) mass is 368 g/mol. The van der Waals surface area contributed by atoms with Crippen LogP contribution in [0.15, 0.2) is 42.7 Å². The third-order valence-electron chi connectivity index (χ3n) is 4.51. The van der Waals surface area contributed by atoms with Crippen LogP contribution in [0.25, 0.3) is 0 Å². The SMILES string of the molecule is CCOc1ccccc1NC(=O)c1cncc(N2CCN(C(C)=O)CC2)c1. The van der Waals surface area contributed by atoms with Crippen molar-refractivity contribution in [1.82, 2.24) is 9.88 Å². The number of ether oxygens (including phenoxy) is 1. The van der Waals surface area contributed by atoms with Crippen LogP contribution in [-0.4, -0.2) is 54.5 Å². The third-order valence-corrected chi connectivity index (χ3v) is 4.51. The molecule has 0 atom stereocenters. The molecule has 1 N–H and O–H groups in total. The number of carbonyl (C=O) groups is 2. The summed E-state index contributed by atoms with van der Waals surface area (Å²) < 4.78 is 5.55. The molecule has 0 radical (unpaired) electrons. The van der Waals surface area contributed by atoms with E-state index in [1.165, 1.54) is 0 Å². The zero-order chi connectivity index (χ0) is 19.2. The number of anilines is 2. The second-order valence-electron chi connectivity index (χ2n) is 6.31. The fourth-order valence-electron chi connectivity index (χ4n) is 3.05. The highest BCUT2D eigenvalue weighted by molar-refractivity contribution is 6.05. The number of para-hydroxylation sites is 2. The molecule has 1 aliphatic heterocycles. The predicted octanol–water partition coefficient (Wildman–Crippen LogP) is 2.40. The van der Waals surface area contributed by atoms with Gasteiger partial charge in [0.25, 0.3) is 5.91 Å². The van der Waals surface area contributed by atoms with Crippen LogP contribution >= 0.6 is 0 Å². The van der Waals surface area contributed by atoms with Gasteiger partial charge in [0.1, 0.15) is 5.75 Å². The lowest BCUT2D eigenvalue weighted by Gasteiger charge is -2.35. The standard InChI is InChI=1S/C20H24N4O3/c1-3-27-19-7-5-4-6-18(19)22-20(26)16-12-17(14-21-13-16)24-10-8-23(9-11-24)15(2)25/h4-7,12-14H,3,8-11H2,1-2H3,(H,22,26). The first-order valence-electron chi connectivity index (χ1n) is 9.07. The van der Waals surface area contributed by atoms with Crippen molar-refractivity contribution in [2.24, 2.45) is 0 Å². The topological polar surface area (TPSA) is 74.8 Å². The van der Waals surface area contributed by atoms with E-state index in [0.717, 1.165) is 18.8 Å². The summed E-state index contributed by atoms with van der Waals surface area (Å²) in [6.45, 7) is 6.80. The van der Waals surface area contributed by atoms with Crippen molar-refractivity contribution in [3.63, 3.8) is 0 Å². The molecule has 0 aliphatic carbocycles. The summed E-state index contributed by atoms with van der Waals surface area (Å²) >= 11 is 0. The summed E-state index contributed by atoms with van der Waals surface area (Å²) in [7, 11) is 0. The van der Waals surface area contributed by atoms with Crippen molar-refractivity contribution in [1.29, 1.82) is 0 Å². The summed E-state index contributed by atoms with van der Waals surface area (Å²) in [4.78, 5) is 32.3. The quantitative estimate of drug-likeness (QED) is 0.877. The van der Waals surface area contributed by atoms with Crippen molar-refractivity contribution in [3.05, 3.63) is 48.3 Å². The van der Waals surface area contributed by atoms with Crippen LogP contribution in [-0.2, 0) is 4.79 Å². The van der Waals surface area contributed by atoms with Gasteiger partial charge in [0.2, 0.25) is 5.91 Å². The Bertz CT molecular complexity index is 816. The Hall–Kier alpha value is -3.09. The van der Waals surface area contributed by atoms with Gasteiger partial charge in [0.15, 0.2) is 0 Å². The van der Waals surface area contributed by atoms with E-state index in [9.17, 15) is 9.59 Å². The maximum Gasteiger partial charge on any atom is 0.257 e. The highest BCUT2D eigenvalue weighted by Gasteiger charge is 2.20. The molecule has 0 spiro atoms. The molecule has 142 valence electrons. The second kappa shape index (κ2) is 8.53. The molecule has 7 nitrogen and oxygen atoms in total. The largest absolute Gasteiger partial charge is 0.492 e. The van der Waals surface area contributed by atoms with Crippen molar-refractivity contribution in [2.75, 3.05) is 43.0 Å². The van der Waals surface area contributed by atoms with E-state index in [2.05, 4.69) is 15.2 Å². The van der Waals surface area contributed by atoms with Crippen LogP contribution in [0.2, 0.25) is 0 Å². The summed E-state index contributed by atoms with van der Waals surface area (Å²) in [5.74, 6) is 0.491. The number of hydrogen-bond donors (Lipinski definition) is 1. The average Bonchev–Trinajstić information content (AvgIpc) is 2.70. The molecule has 1 aromatic heterocycles. The normalized spacial score (nSPS) is 14.0. The number of hydrogen-bond acceptors (Lipinski definition) is 5. The number of carbonyl (C=O) groups excluding carboxylic acids is 2. The van der Waals surface area contributed by atoms with Gasteiger partial charge in [-0.25, -0.2) is 0 Å². The number of benzene rings is 1. The molecule has 2 amide bonds. The van der Waals surface area contributed by atoms with Crippen LogP contribution in [0.3, 0.4) is 0 Å². The van der Waals surface area contributed by atoms with Crippen LogP contribution in [0.1, 0.15) is 24.2 Å². The van der Waals surface area contributed by atoms with Crippen LogP contribution < -0.4 is 15.0 Å². The fourth-order valence-corrected chi connectivity index (χ4v) is 3.05. The summed E-state index contributed by atoms with van der Waals surface area (Å²) in [5.41, 5.74) is 1.99. The van der Waals surface area contributed by atoms with Gasteiger partial charge in [-0.05, 0) is 25.1 Å². The Kier molecular flexibility index (Phi) is 5.90. The minimum absolute atomic E-state index is 0.0915. The lowest BCUT2D eigenvalue weighted by molar-refractivity contribution is -0.129. The maximum atomic E-state index is 12.7. The zero-order valence-corrected chi connectivity index (χ0v) is 15.6. The number of rotatable bonds is 5. The van der Waals surface area contributed by atoms with Crippen LogP contribution in [0.4, 0.5) is 11.4 Å². The van der Waals surface area contributed by atoms with Gasteiger partial charge < -0.3 is 19.9 Å². The third kappa shape index (κ3) is 4.55. The van der Waals surface area contributed by atoms with Crippen LogP contribution in [0, 0.1) is 0 Å². The van der Waals surface area contributed by atoms with Gasteiger partial charge in [-0.2, -0.15) is 0 Å². The van der Waals surface area contributed by atoms with Crippen molar-refractivity contribution in [3.8, 4) is 5.75 Å². The number of aromatic nitrogens is 1. The van der Waals surface area contributed by atoms with Crippen molar-refractivity contribution < 1.29 is 14.3 Å². The number of nitrogens with zero attached hydrogens (tertiary/aromatic N) is 3. The number of nitrogens with one attached hydrogen (secondary N) is 1. The molecule has 2 heterocycles. The molecule has 0 saturated carbocycles. The van der Waals surface area contributed by atoms with E-state index in [-0.39, 0.29) is 11.8 Å². The van der Waals surface area contributed by atoms with Crippen LogP contribution in [0.5, 0.6) is 5.75 Å². The fraction of sp³-hybridized carbons (Fsp3) is 0.350. The first kappa shape index (κ1) is 18.7. The summed E-state index contributed by atoms with van der Waals surface area (Å²) in [6, 6.07) is 9.17. The van der Waals surface area contributed by atoms with E-state index in [4.69, 9.17) is 4.74 Å². The molecular formula is C20H24N4O3. The molecule has 1 fully saturated rings. The van der Waals surface area contributed by atoms with Gasteiger partial charge in [-0.1, -0.05) is 12.1 Å². The second-order valence-corrected chi connectivity index (χ2v) is 6.31. The van der Waals surface area contributed by atoms with Crippen molar-refractivity contribution >= 4 is 23.2 Å². The Morgan fingerprint density at radius 2 is 1.89 bits per heavy atom. The highest BCUT2D eigenvalue weighted by atomic mass is 16.5. The van der Waals surface area contributed by atoms with E-state index < -0.39 is 0 Å². The van der Waals surface area contributed by atoms with Gasteiger partial charge >= 0.3 is 0 Å². The van der Waals surface area contributed by atoms with E-state index >= 15 is 0 Å². The molecule has 27 heavy (non-hydrogen) atoms. The Morgan fingerprint density at radius 1 is 1.15 bits per heavy atom. The maximum absolute atomic E-state index is 12.7. The lowest BCUT2D eigenvalue weighted by Crippen LogP contribution is -2.48. The highest BCUT2D eigenvalue weighted by Crippen LogP contribution is 2.25. The number of piperazine rings is 1. The molecule has 1 aliphatic rings. The first-order chi connectivity index (χ1) is 13.1. The van der Waals surface area contributed by atoms with E-state index in [1.807, 2.05) is 36.1 Å². The Labute approximate surface area is 158 Å². The molecule has 1 saturated heterocycles. The summed E-state index contributed by atoms with van der Waals surface area (Å²) in [5, 5.41) is 2.89. The lowest BCUT2D eigenvalue weighted by atomic mass is 10.2. The minimum atomic E-state index is -0.237. The van der Waals surface area contributed by atoms with E-state index in [1.54, 1.807) is 25.4 Å². The van der Waals surface area contributed by atoms with Gasteiger partial charge in [0.05, 0.1) is 29.7 Å². The summed E-state index contributed by atoms with van der Waals surface area (Å²) in [6.07, 6.45) is 3.29. The minimum Gasteiger partial charge on any atom is -0.492 e. The molecule has 0 bridgehead atoms. The smallest absolute Gasteiger partial charge is 0.257 e. The predicted molar refractivity (Wildman–Crippen MR) is 104 cm³/mol. The Morgan fingerprint density at radius 3 is 2.59 bits per heavy atom. The molecule has 2 aromatic rings. The molecule has 3 rings (SSSR count). The molecule has 0 unspecified atom stereocenters. The first-order valence-corrected chi connectivity index (χ1v) is 9.07. The molecule has 7 heteroatoms. The van der Waals surface area contributed by atoms with Gasteiger partial charge in [-0.15, -0.1) is 0 Å². The van der Waals surface area contributed by atoms with E-state index in [0.29, 0.717) is 36.7 Å². The average molecular weight is 368 g/mol. The Balaban J connectivity index is 1.70. The zero-order valence-electron chi connectivity index (χ0n) is 15.6. The van der Waals surface area contributed by atoms with Gasteiger partial charge in [-0.3, -0.25) is 14.6 Å². The van der Waals surface area contributed by atoms with Crippen molar-refractivity contribution in [2.45, 2.75) is 13.8 Å². The van der Waals surface area contributed by atoms with Gasteiger partial charge in [0, 0.05) is 39.3 Å². The number of pyridine rings is 1. The number of amides is 2. The molecule has 1 aromatic carbocycles.